The maximum atomic E-state index is 12.9. The molecule has 0 saturated carbocycles. The third kappa shape index (κ3) is 5.11. The lowest BCUT2D eigenvalue weighted by Gasteiger charge is -2.08. The number of ether oxygens (including phenoxy) is 1. The summed E-state index contributed by atoms with van der Waals surface area (Å²) in [6.45, 7) is 0. The number of hydrazone groups is 1. The van der Waals surface area contributed by atoms with Crippen molar-refractivity contribution in [3.05, 3.63) is 99.8 Å². The molecule has 0 heterocycles. The van der Waals surface area contributed by atoms with Gasteiger partial charge in [-0.2, -0.15) is 5.10 Å². The number of carbonyl (C=O) groups excluding carboxylic acids is 2. The molecule has 140 valence electrons. The Labute approximate surface area is 169 Å². The van der Waals surface area contributed by atoms with Crippen LogP contribution in [0.5, 0.6) is 5.75 Å². The first kappa shape index (κ1) is 19.4. The van der Waals surface area contributed by atoms with Gasteiger partial charge in [-0.3, -0.25) is 4.79 Å². The number of nitrogens with one attached hydrogen (secondary N) is 1. The Hall–Kier alpha value is -3.32. The number of amides is 1. The number of benzene rings is 3. The third-order valence-electron chi connectivity index (χ3n) is 3.66. The van der Waals surface area contributed by atoms with Crippen molar-refractivity contribution in [2.24, 2.45) is 5.10 Å². The Morgan fingerprint density at radius 3 is 2.39 bits per heavy atom. The lowest BCUT2D eigenvalue weighted by Crippen LogP contribution is -2.17. The number of halogens is 2. The van der Waals surface area contributed by atoms with E-state index in [-0.39, 0.29) is 11.3 Å². The molecule has 0 radical (unpaired) electrons. The third-order valence-corrected chi connectivity index (χ3v) is 4.15. The molecular weight excluding hydrogens is 427 g/mol. The summed E-state index contributed by atoms with van der Waals surface area (Å²) in [6.07, 6.45) is 1.36. The van der Waals surface area contributed by atoms with Gasteiger partial charge < -0.3 is 4.74 Å². The molecule has 5 nitrogen and oxygen atoms in total. The Morgan fingerprint density at radius 1 is 0.964 bits per heavy atom. The first-order chi connectivity index (χ1) is 13.5. The van der Waals surface area contributed by atoms with Crippen LogP contribution >= 0.6 is 15.9 Å². The van der Waals surface area contributed by atoms with Crippen molar-refractivity contribution in [1.82, 2.24) is 5.43 Å². The van der Waals surface area contributed by atoms with E-state index in [0.29, 0.717) is 11.1 Å². The lowest BCUT2D eigenvalue weighted by atomic mass is 10.2. The highest BCUT2D eigenvalue weighted by atomic mass is 79.9. The molecule has 3 aromatic rings. The van der Waals surface area contributed by atoms with Crippen molar-refractivity contribution >= 4 is 34.0 Å². The van der Waals surface area contributed by atoms with Gasteiger partial charge in [0.25, 0.3) is 5.91 Å². The summed E-state index contributed by atoms with van der Waals surface area (Å²) >= 11 is 3.35. The summed E-state index contributed by atoms with van der Waals surface area (Å²) in [4.78, 5) is 24.3. The van der Waals surface area contributed by atoms with Gasteiger partial charge >= 0.3 is 5.97 Å². The molecule has 1 amide bonds. The fourth-order valence-electron chi connectivity index (χ4n) is 2.27. The normalized spacial score (nSPS) is 10.6. The van der Waals surface area contributed by atoms with Crippen molar-refractivity contribution in [1.29, 1.82) is 0 Å². The molecule has 0 aliphatic rings. The van der Waals surface area contributed by atoms with E-state index < -0.39 is 17.7 Å². The molecule has 3 aromatic carbocycles. The maximum Gasteiger partial charge on any atom is 0.343 e. The maximum absolute atomic E-state index is 12.9. The smallest absolute Gasteiger partial charge is 0.343 e. The Morgan fingerprint density at radius 2 is 1.68 bits per heavy atom. The molecule has 1 N–H and O–H groups in total. The fourth-order valence-corrected chi connectivity index (χ4v) is 2.65. The average Bonchev–Trinajstić information content (AvgIpc) is 2.71. The molecule has 0 aliphatic carbocycles. The highest BCUT2D eigenvalue weighted by molar-refractivity contribution is 9.10. The summed E-state index contributed by atoms with van der Waals surface area (Å²) < 4.78 is 19.1. The topological polar surface area (TPSA) is 67.8 Å². The molecular formula is C21H14BrFN2O3. The van der Waals surface area contributed by atoms with Crippen LogP contribution in [0.4, 0.5) is 4.39 Å². The lowest BCUT2D eigenvalue weighted by molar-refractivity contribution is 0.0734. The number of hydrogen-bond donors (Lipinski definition) is 1. The van der Waals surface area contributed by atoms with Crippen LogP contribution in [0.1, 0.15) is 26.3 Å². The van der Waals surface area contributed by atoms with Crippen LogP contribution in [0.2, 0.25) is 0 Å². The minimum Gasteiger partial charge on any atom is -0.422 e. The SMILES string of the molecule is O=C(N/N=C/c1cc(Br)ccc1OC(=O)c1ccccc1)c1ccc(F)cc1. The predicted molar refractivity (Wildman–Crippen MR) is 107 cm³/mol. The van der Waals surface area contributed by atoms with Crippen LogP contribution < -0.4 is 10.2 Å². The van der Waals surface area contributed by atoms with Crippen LogP contribution in [0.3, 0.4) is 0 Å². The standard InChI is InChI=1S/C21H14BrFN2O3/c22-17-8-11-19(28-21(27)15-4-2-1-3-5-15)16(12-17)13-24-25-20(26)14-6-9-18(23)10-7-14/h1-13H,(H,25,26)/b24-13+. The Kier molecular flexibility index (Phi) is 6.29. The quantitative estimate of drug-likeness (QED) is 0.273. The zero-order valence-corrected chi connectivity index (χ0v) is 16.0. The first-order valence-electron chi connectivity index (χ1n) is 8.19. The van der Waals surface area contributed by atoms with E-state index in [0.717, 1.165) is 4.47 Å². The van der Waals surface area contributed by atoms with E-state index >= 15 is 0 Å². The zero-order valence-electron chi connectivity index (χ0n) is 14.4. The summed E-state index contributed by atoms with van der Waals surface area (Å²) in [5.41, 5.74) is 3.52. The number of carbonyl (C=O) groups is 2. The van der Waals surface area contributed by atoms with Gasteiger partial charge in [0.15, 0.2) is 0 Å². The predicted octanol–water partition coefficient (Wildman–Crippen LogP) is 4.57. The first-order valence-corrected chi connectivity index (χ1v) is 8.98. The second-order valence-electron chi connectivity index (χ2n) is 5.64. The van der Waals surface area contributed by atoms with E-state index in [9.17, 15) is 14.0 Å². The van der Waals surface area contributed by atoms with Gasteiger partial charge in [0.2, 0.25) is 0 Å². The Balaban J connectivity index is 1.73. The highest BCUT2D eigenvalue weighted by Crippen LogP contribution is 2.23. The molecule has 3 rings (SSSR count). The molecule has 0 atom stereocenters. The number of esters is 1. The van der Waals surface area contributed by atoms with Crippen LogP contribution in [0.15, 0.2) is 82.4 Å². The minimum absolute atomic E-state index is 0.267. The van der Waals surface area contributed by atoms with E-state index in [1.165, 1.54) is 30.5 Å². The van der Waals surface area contributed by atoms with Gasteiger partial charge in [0, 0.05) is 15.6 Å². The second kappa shape index (κ2) is 9.05. The summed E-state index contributed by atoms with van der Waals surface area (Å²) in [5, 5.41) is 3.89. The van der Waals surface area contributed by atoms with Gasteiger partial charge in [-0.15, -0.1) is 0 Å². The number of nitrogens with zero attached hydrogens (tertiary/aromatic N) is 1. The monoisotopic (exact) mass is 440 g/mol. The Bertz CT molecular complexity index is 1020. The van der Waals surface area contributed by atoms with E-state index in [4.69, 9.17) is 4.74 Å². The van der Waals surface area contributed by atoms with Crippen LogP contribution in [0, 0.1) is 5.82 Å². The van der Waals surface area contributed by atoms with Crippen LogP contribution in [-0.2, 0) is 0 Å². The summed E-state index contributed by atoms with van der Waals surface area (Å²) in [5.74, 6) is -1.14. The van der Waals surface area contributed by atoms with Gasteiger partial charge in [0.1, 0.15) is 11.6 Å². The van der Waals surface area contributed by atoms with Crippen molar-refractivity contribution in [2.75, 3.05) is 0 Å². The zero-order chi connectivity index (χ0) is 19.9. The molecule has 0 fully saturated rings. The van der Waals surface area contributed by atoms with Gasteiger partial charge in [-0.05, 0) is 54.6 Å². The van der Waals surface area contributed by atoms with Crippen molar-refractivity contribution < 1.29 is 18.7 Å². The highest BCUT2D eigenvalue weighted by Gasteiger charge is 2.11. The summed E-state index contributed by atoms with van der Waals surface area (Å²) in [6, 6.07) is 18.7. The van der Waals surface area contributed by atoms with Gasteiger partial charge in [-0.1, -0.05) is 34.1 Å². The molecule has 0 spiro atoms. The fraction of sp³-hybridized carbons (Fsp3) is 0. The van der Waals surface area contributed by atoms with Crippen LogP contribution in [-0.4, -0.2) is 18.1 Å². The number of rotatable bonds is 5. The van der Waals surface area contributed by atoms with Crippen molar-refractivity contribution in [3.63, 3.8) is 0 Å². The molecule has 7 heteroatoms. The van der Waals surface area contributed by atoms with Crippen LogP contribution in [0.25, 0.3) is 0 Å². The van der Waals surface area contributed by atoms with Crippen molar-refractivity contribution in [2.45, 2.75) is 0 Å². The number of hydrogen-bond acceptors (Lipinski definition) is 4. The van der Waals surface area contributed by atoms with Crippen molar-refractivity contribution in [3.8, 4) is 5.75 Å². The molecule has 0 bridgehead atoms. The van der Waals surface area contributed by atoms with E-state index in [1.807, 2.05) is 0 Å². The molecule has 0 aliphatic heterocycles. The average molecular weight is 441 g/mol. The van der Waals surface area contributed by atoms with E-state index in [1.54, 1.807) is 48.5 Å². The van der Waals surface area contributed by atoms with E-state index in [2.05, 4.69) is 26.5 Å². The van der Waals surface area contributed by atoms with Gasteiger partial charge in [0.05, 0.1) is 11.8 Å². The molecule has 0 aromatic heterocycles. The largest absolute Gasteiger partial charge is 0.422 e. The minimum atomic E-state index is -0.507. The molecule has 0 unspecified atom stereocenters. The van der Waals surface area contributed by atoms with Gasteiger partial charge in [-0.25, -0.2) is 14.6 Å². The molecule has 0 saturated heterocycles. The second-order valence-corrected chi connectivity index (χ2v) is 6.56. The summed E-state index contributed by atoms with van der Waals surface area (Å²) in [7, 11) is 0. The molecule has 28 heavy (non-hydrogen) atoms.